The Morgan fingerprint density at radius 3 is 2.62 bits per heavy atom. The molecule has 2 aliphatic rings. The Morgan fingerprint density at radius 1 is 1.27 bits per heavy atom. The molecule has 4 atom stereocenters. The molecule has 148 valence electrons. The molecule has 1 saturated carbocycles. The average molecular weight is 365 g/mol. The number of aliphatic hydroxyl groups is 2. The highest BCUT2D eigenvalue weighted by Gasteiger charge is 2.49. The number of esters is 1. The first-order valence-corrected chi connectivity index (χ1v) is 9.93. The van der Waals surface area contributed by atoms with Crippen LogP contribution in [0.3, 0.4) is 0 Å². The molecular formula is C22H36O4. The van der Waals surface area contributed by atoms with Crippen LogP contribution in [-0.2, 0) is 9.53 Å². The Morgan fingerprint density at radius 2 is 1.96 bits per heavy atom. The van der Waals surface area contributed by atoms with Crippen molar-refractivity contribution in [3.05, 3.63) is 23.8 Å². The molecule has 26 heavy (non-hydrogen) atoms. The summed E-state index contributed by atoms with van der Waals surface area (Å²) >= 11 is 0. The molecule has 0 aromatic rings. The van der Waals surface area contributed by atoms with Crippen LogP contribution >= 0.6 is 0 Å². The quantitative estimate of drug-likeness (QED) is 0.570. The van der Waals surface area contributed by atoms with Crippen LogP contribution in [0, 0.1) is 17.3 Å². The summed E-state index contributed by atoms with van der Waals surface area (Å²) in [6.07, 6.45) is 7.27. The number of fused-ring (bicyclic) bond motifs is 2. The molecule has 4 nitrogen and oxygen atoms in total. The first-order valence-electron chi connectivity index (χ1n) is 9.93. The molecule has 2 rings (SSSR count). The summed E-state index contributed by atoms with van der Waals surface area (Å²) in [4.78, 5) is 11.2. The Labute approximate surface area is 158 Å². The second kappa shape index (κ2) is 8.26. The van der Waals surface area contributed by atoms with Crippen LogP contribution in [0.4, 0.5) is 0 Å². The van der Waals surface area contributed by atoms with Gasteiger partial charge in [0.1, 0.15) is 6.61 Å². The first-order chi connectivity index (χ1) is 12.0. The van der Waals surface area contributed by atoms with E-state index in [1.165, 1.54) is 6.92 Å². The minimum Gasteiger partial charge on any atom is -0.461 e. The second-order valence-electron chi connectivity index (χ2n) is 9.10. The molecule has 2 N–H and O–H groups in total. The summed E-state index contributed by atoms with van der Waals surface area (Å²) in [5.74, 6) is 0.371. The van der Waals surface area contributed by atoms with E-state index < -0.39 is 11.7 Å². The summed E-state index contributed by atoms with van der Waals surface area (Å²) in [6.45, 7) is 12.3. The minimum absolute atomic E-state index is 0.00474. The topological polar surface area (TPSA) is 66.8 Å². The molecular weight excluding hydrogens is 328 g/mol. The van der Waals surface area contributed by atoms with E-state index in [-0.39, 0.29) is 17.3 Å². The summed E-state index contributed by atoms with van der Waals surface area (Å²) in [5.41, 5.74) is 1.22. The SMILES string of the molecule is C=C1CCC2C(C)(O)CCC(CC=C(COC(C)=O)CCC1O)C2(C)C. The van der Waals surface area contributed by atoms with Crippen LogP contribution < -0.4 is 0 Å². The zero-order chi connectivity index (χ0) is 19.5. The van der Waals surface area contributed by atoms with Gasteiger partial charge in [-0.05, 0) is 80.3 Å². The van der Waals surface area contributed by atoms with Crippen molar-refractivity contribution >= 4 is 5.97 Å². The van der Waals surface area contributed by atoms with Gasteiger partial charge in [0.15, 0.2) is 0 Å². The fourth-order valence-corrected chi connectivity index (χ4v) is 4.96. The van der Waals surface area contributed by atoms with Gasteiger partial charge < -0.3 is 14.9 Å². The van der Waals surface area contributed by atoms with E-state index in [4.69, 9.17) is 4.74 Å². The third kappa shape index (κ3) is 4.98. The monoisotopic (exact) mass is 364 g/mol. The number of hydrogen-bond acceptors (Lipinski definition) is 4. The van der Waals surface area contributed by atoms with Gasteiger partial charge in [0, 0.05) is 6.92 Å². The summed E-state index contributed by atoms with van der Waals surface area (Å²) in [6, 6.07) is 0. The van der Waals surface area contributed by atoms with E-state index >= 15 is 0 Å². The van der Waals surface area contributed by atoms with Crippen LogP contribution in [0.1, 0.15) is 72.6 Å². The van der Waals surface area contributed by atoms with Gasteiger partial charge in [0.25, 0.3) is 0 Å². The highest BCUT2D eigenvalue weighted by molar-refractivity contribution is 5.66. The third-order valence-corrected chi connectivity index (χ3v) is 6.82. The fraction of sp³-hybridized carbons (Fsp3) is 0.773. The minimum atomic E-state index is -0.681. The predicted molar refractivity (Wildman–Crippen MR) is 104 cm³/mol. The van der Waals surface area contributed by atoms with Gasteiger partial charge in [0.05, 0.1) is 11.7 Å². The molecule has 0 aromatic heterocycles. The maximum Gasteiger partial charge on any atom is 0.302 e. The van der Waals surface area contributed by atoms with Crippen LogP contribution in [0.15, 0.2) is 23.8 Å². The highest BCUT2D eigenvalue weighted by atomic mass is 16.5. The van der Waals surface area contributed by atoms with Crippen molar-refractivity contribution in [1.82, 2.24) is 0 Å². The number of rotatable bonds is 2. The van der Waals surface area contributed by atoms with E-state index in [2.05, 4.69) is 26.5 Å². The van der Waals surface area contributed by atoms with E-state index in [0.717, 1.165) is 43.3 Å². The highest BCUT2D eigenvalue weighted by Crippen LogP contribution is 2.53. The third-order valence-electron chi connectivity index (χ3n) is 6.82. The predicted octanol–water partition coefficient (Wildman–Crippen LogP) is 4.16. The van der Waals surface area contributed by atoms with Crippen LogP contribution in [0.2, 0.25) is 0 Å². The molecule has 2 bridgehead atoms. The smallest absolute Gasteiger partial charge is 0.302 e. The van der Waals surface area contributed by atoms with Gasteiger partial charge in [-0.25, -0.2) is 0 Å². The van der Waals surface area contributed by atoms with Crippen molar-refractivity contribution in [3.8, 4) is 0 Å². The Kier molecular flexibility index (Phi) is 6.73. The summed E-state index contributed by atoms with van der Waals surface area (Å²) in [5, 5.41) is 21.5. The molecule has 0 heterocycles. The fourth-order valence-electron chi connectivity index (χ4n) is 4.96. The lowest BCUT2D eigenvalue weighted by Gasteiger charge is -2.53. The van der Waals surface area contributed by atoms with Gasteiger partial charge in [-0.3, -0.25) is 4.79 Å². The van der Waals surface area contributed by atoms with Crippen LogP contribution in [-0.4, -0.2) is 34.5 Å². The maximum absolute atomic E-state index is 11.2. The summed E-state index contributed by atoms with van der Waals surface area (Å²) in [7, 11) is 0. The van der Waals surface area contributed by atoms with Gasteiger partial charge in [-0.1, -0.05) is 26.5 Å². The Bertz CT molecular complexity index is 558. The normalized spacial score (nSPS) is 35.7. The van der Waals surface area contributed by atoms with Crippen molar-refractivity contribution in [2.24, 2.45) is 17.3 Å². The van der Waals surface area contributed by atoms with Gasteiger partial charge in [0.2, 0.25) is 0 Å². The van der Waals surface area contributed by atoms with E-state index in [9.17, 15) is 15.0 Å². The molecule has 0 aromatic carbocycles. The lowest BCUT2D eigenvalue weighted by atomic mass is 9.54. The molecule has 0 amide bonds. The number of aliphatic hydroxyl groups excluding tert-OH is 1. The van der Waals surface area contributed by atoms with Gasteiger partial charge >= 0.3 is 5.97 Å². The zero-order valence-corrected chi connectivity index (χ0v) is 16.9. The molecule has 2 aliphatic carbocycles. The van der Waals surface area contributed by atoms with E-state index in [1.54, 1.807) is 0 Å². The number of allylic oxidation sites excluding steroid dienone is 1. The molecule has 0 saturated heterocycles. The van der Waals surface area contributed by atoms with Crippen molar-refractivity contribution in [1.29, 1.82) is 0 Å². The first kappa shape index (κ1) is 21.2. The average Bonchev–Trinajstić information content (AvgIpc) is 2.53. The Balaban J connectivity index is 2.29. The number of ether oxygens (including phenoxy) is 1. The number of carbonyl (C=O) groups excluding carboxylic acids is 1. The largest absolute Gasteiger partial charge is 0.461 e. The Hall–Kier alpha value is -1.13. The van der Waals surface area contributed by atoms with Crippen molar-refractivity contribution in [2.45, 2.75) is 84.3 Å². The van der Waals surface area contributed by atoms with E-state index in [0.29, 0.717) is 25.4 Å². The molecule has 4 heteroatoms. The molecule has 0 radical (unpaired) electrons. The van der Waals surface area contributed by atoms with E-state index in [1.807, 2.05) is 6.92 Å². The maximum atomic E-state index is 11.2. The summed E-state index contributed by atoms with van der Waals surface area (Å²) < 4.78 is 5.21. The van der Waals surface area contributed by atoms with Gasteiger partial charge in [-0.2, -0.15) is 0 Å². The second-order valence-corrected chi connectivity index (χ2v) is 9.10. The van der Waals surface area contributed by atoms with Crippen LogP contribution in [0.5, 0.6) is 0 Å². The van der Waals surface area contributed by atoms with Crippen molar-refractivity contribution < 1.29 is 19.7 Å². The van der Waals surface area contributed by atoms with Crippen molar-refractivity contribution in [3.63, 3.8) is 0 Å². The number of hydrogen-bond donors (Lipinski definition) is 2. The molecule has 1 fully saturated rings. The molecule has 0 aliphatic heterocycles. The number of carbonyl (C=O) groups is 1. The van der Waals surface area contributed by atoms with Crippen LogP contribution in [0.25, 0.3) is 0 Å². The standard InChI is InChI=1S/C22H36O4/c1-15-6-11-20-21(3,4)18(12-13-22(20,5)25)9-7-17(8-10-19(15)24)14-26-16(2)23/h7,18-20,24-25H,1,6,8-14H2,2-5H3. The lowest BCUT2D eigenvalue weighted by molar-refractivity contribution is -0.140. The lowest BCUT2D eigenvalue weighted by Crippen LogP contribution is -2.51. The van der Waals surface area contributed by atoms with Crippen molar-refractivity contribution in [2.75, 3.05) is 6.61 Å². The molecule has 0 spiro atoms. The van der Waals surface area contributed by atoms with Gasteiger partial charge in [-0.15, -0.1) is 0 Å². The molecule has 4 unspecified atom stereocenters. The zero-order valence-electron chi connectivity index (χ0n) is 16.9.